The maximum atomic E-state index is 13.6. The molecule has 0 spiro atoms. The number of benzene rings is 1. The summed E-state index contributed by atoms with van der Waals surface area (Å²) in [6.45, 7) is 1.82. The van der Waals surface area contributed by atoms with Crippen molar-refractivity contribution >= 4 is 15.7 Å². The van der Waals surface area contributed by atoms with E-state index in [-0.39, 0.29) is 12.2 Å². The number of hydrogen-bond acceptors (Lipinski definition) is 4. The number of nitrogens with one attached hydrogen (secondary N) is 1. The van der Waals surface area contributed by atoms with E-state index in [0.717, 1.165) is 17.7 Å². The van der Waals surface area contributed by atoms with E-state index in [2.05, 4.69) is 9.71 Å². The average molecular weight is 295 g/mol. The minimum absolute atomic E-state index is 0.00117. The van der Waals surface area contributed by atoms with Gasteiger partial charge >= 0.3 is 0 Å². The van der Waals surface area contributed by atoms with E-state index in [1.807, 2.05) is 13.0 Å². The number of sulfonamides is 1. The van der Waals surface area contributed by atoms with Gasteiger partial charge in [0.2, 0.25) is 10.0 Å². The van der Waals surface area contributed by atoms with E-state index in [0.29, 0.717) is 5.69 Å². The van der Waals surface area contributed by atoms with Gasteiger partial charge < -0.3 is 5.73 Å². The van der Waals surface area contributed by atoms with Crippen LogP contribution < -0.4 is 10.5 Å². The fourth-order valence-electron chi connectivity index (χ4n) is 1.68. The van der Waals surface area contributed by atoms with Gasteiger partial charge in [-0.3, -0.25) is 4.98 Å². The predicted octanol–water partition coefficient (Wildman–Crippen LogP) is 1.59. The quantitative estimate of drug-likeness (QED) is 0.839. The average Bonchev–Trinajstić information content (AvgIpc) is 2.37. The molecule has 0 bridgehead atoms. The minimum Gasteiger partial charge on any atom is -0.399 e. The van der Waals surface area contributed by atoms with E-state index in [9.17, 15) is 12.8 Å². The van der Waals surface area contributed by atoms with Gasteiger partial charge in [-0.1, -0.05) is 6.07 Å². The van der Waals surface area contributed by atoms with Crippen LogP contribution in [0.4, 0.5) is 10.1 Å². The van der Waals surface area contributed by atoms with Gasteiger partial charge in [0.05, 0.1) is 12.2 Å². The summed E-state index contributed by atoms with van der Waals surface area (Å²) in [6, 6.07) is 7.02. The zero-order valence-corrected chi connectivity index (χ0v) is 11.6. The van der Waals surface area contributed by atoms with E-state index in [4.69, 9.17) is 5.73 Å². The van der Waals surface area contributed by atoms with Crippen LogP contribution in [0.1, 0.15) is 11.3 Å². The molecule has 0 aliphatic heterocycles. The molecule has 0 saturated carbocycles. The largest absolute Gasteiger partial charge is 0.399 e. The monoisotopic (exact) mass is 295 g/mol. The number of pyridine rings is 1. The van der Waals surface area contributed by atoms with Crippen LogP contribution in [0.3, 0.4) is 0 Å². The molecule has 1 aromatic heterocycles. The van der Waals surface area contributed by atoms with Crippen LogP contribution in [0.5, 0.6) is 0 Å². The minimum atomic E-state index is -3.94. The molecule has 5 nitrogen and oxygen atoms in total. The van der Waals surface area contributed by atoms with Crippen molar-refractivity contribution in [2.24, 2.45) is 0 Å². The maximum Gasteiger partial charge on any atom is 0.243 e. The molecular weight excluding hydrogens is 281 g/mol. The number of anilines is 1. The first-order valence-corrected chi connectivity index (χ1v) is 7.33. The van der Waals surface area contributed by atoms with Crippen LogP contribution in [0, 0.1) is 12.7 Å². The highest BCUT2D eigenvalue weighted by molar-refractivity contribution is 7.89. The predicted molar refractivity (Wildman–Crippen MR) is 73.8 cm³/mol. The molecule has 0 fully saturated rings. The lowest BCUT2D eigenvalue weighted by atomic mass is 10.2. The van der Waals surface area contributed by atoms with Crippen LogP contribution in [0.15, 0.2) is 41.4 Å². The molecule has 3 N–H and O–H groups in total. The Labute approximate surface area is 116 Å². The van der Waals surface area contributed by atoms with E-state index >= 15 is 0 Å². The second-order valence-electron chi connectivity index (χ2n) is 4.28. The van der Waals surface area contributed by atoms with Crippen molar-refractivity contribution in [2.75, 3.05) is 5.73 Å². The van der Waals surface area contributed by atoms with Crippen molar-refractivity contribution in [2.45, 2.75) is 18.4 Å². The second-order valence-corrected chi connectivity index (χ2v) is 6.02. The lowest BCUT2D eigenvalue weighted by Gasteiger charge is -2.09. The lowest BCUT2D eigenvalue weighted by Crippen LogP contribution is -2.25. The normalized spacial score (nSPS) is 11.5. The van der Waals surface area contributed by atoms with Crippen LogP contribution in [0.25, 0.3) is 0 Å². The van der Waals surface area contributed by atoms with Crippen molar-refractivity contribution < 1.29 is 12.8 Å². The third-order valence-electron chi connectivity index (χ3n) is 2.79. The molecule has 0 radical (unpaired) electrons. The van der Waals surface area contributed by atoms with Gasteiger partial charge in [-0.25, -0.2) is 17.5 Å². The molecule has 0 atom stereocenters. The Morgan fingerprint density at radius 3 is 2.75 bits per heavy atom. The summed E-state index contributed by atoms with van der Waals surface area (Å²) in [5.74, 6) is -0.879. The van der Waals surface area contributed by atoms with Gasteiger partial charge in [-0.2, -0.15) is 0 Å². The first-order chi connectivity index (χ1) is 9.40. The van der Waals surface area contributed by atoms with Gasteiger partial charge in [-0.15, -0.1) is 0 Å². The molecule has 0 unspecified atom stereocenters. The number of aryl methyl sites for hydroxylation is 1. The number of nitrogen functional groups attached to an aromatic ring is 1. The summed E-state index contributed by atoms with van der Waals surface area (Å²) < 4.78 is 40.0. The standard InChI is InChI=1S/C13H14FN3O2S/c1-9-3-2-6-16-12(9)8-17-20(18,19)13-5-4-10(15)7-11(13)14/h2-7,17H,8,15H2,1H3. The van der Waals surface area contributed by atoms with Crippen LogP contribution >= 0.6 is 0 Å². The summed E-state index contributed by atoms with van der Waals surface area (Å²) in [5, 5.41) is 0. The summed E-state index contributed by atoms with van der Waals surface area (Å²) in [5.41, 5.74) is 7.00. The molecule has 0 saturated heterocycles. The number of aromatic nitrogens is 1. The van der Waals surface area contributed by atoms with Crippen molar-refractivity contribution in [1.82, 2.24) is 9.71 Å². The zero-order chi connectivity index (χ0) is 14.8. The number of halogens is 1. The van der Waals surface area contributed by atoms with E-state index in [1.54, 1.807) is 12.3 Å². The van der Waals surface area contributed by atoms with E-state index < -0.39 is 20.7 Å². The molecule has 7 heteroatoms. The first-order valence-electron chi connectivity index (χ1n) is 5.85. The fraction of sp³-hybridized carbons (Fsp3) is 0.154. The Balaban J connectivity index is 2.22. The van der Waals surface area contributed by atoms with Crippen molar-refractivity contribution in [3.8, 4) is 0 Å². The number of nitrogens with zero attached hydrogens (tertiary/aromatic N) is 1. The highest BCUT2D eigenvalue weighted by Gasteiger charge is 2.19. The summed E-state index contributed by atoms with van der Waals surface area (Å²) in [4.78, 5) is 3.64. The Morgan fingerprint density at radius 2 is 2.10 bits per heavy atom. The Hall–Kier alpha value is -1.99. The third kappa shape index (κ3) is 3.12. The fourth-order valence-corrected chi connectivity index (χ4v) is 2.72. The molecule has 2 aromatic rings. The second kappa shape index (κ2) is 5.56. The lowest BCUT2D eigenvalue weighted by molar-refractivity contribution is 0.556. The van der Waals surface area contributed by atoms with Gasteiger partial charge in [0.25, 0.3) is 0 Å². The number of rotatable bonds is 4. The van der Waals surface area contributed by atoms with Gasteiger partial charge in [-0.05, 0) is 36.8 Å². The Morgan fingerprint density at radius 1 is 1.35 bits per heavy atom. The molecule has 1 heterocycles. The van der Waals surface area contributed by atoms with Gasteiger partial charge in [0.1, 0.15) is 10.7 Å². The SMILES string of the molecule is Cc1cccnc1CNS(=O)(=O)c1ccc(N)cc1F. The highest BCUT2D eigenvalue weighted by atomic mass is 32.2. The number of hydrogen-bond donors (Lipinski definition) is 2. The maximum absolute atomic E-state index is 13.6. The zero-order valence-electron chi connectivity index (χ0n) is 10.8. The molecule has 0 aliphatic carbocycles. The van der Waals surface area contributed by atoms with Crippen molar-refractivity contribution in [3.63, 3.8) is 0 Å². The van der Waals surface area contributed by atoms with Crippen LogP contribution in [-0.4, -0.2) is 13.4 Å². The Bertz CT molecular complexity index is 732. The van der Waals surface area contributed by atoms with Crippen LogP contribution in [0.2, 0.25) is 0 Å². The molecule has 20 heavy (non-hydrogen) atoms. The topological polar surface area (TPSA) is 85.1 Å². The first kappa shape index (κ1) is 14.4. The van der Waals surface area contributed by atoms with Crippen molar-refractivity contribution in [3.05, 3.63) is 53.6 Å². The molecular formula is C13H14FN3O2S. The summed E-state index contributed by atoms with van der Waals surface area (Å²) in [6.07, 6.45) is 1.57. The third-order valence-corrected chi connectivity index (χ3v) is 4.23. The summed E-state index contributed by atoms with van der Waals surface area (Å²) in [7, 11) is -3.94. The van der Waals surface area contributed by atoms with Gasteiger partial charge in [0, 0.05) is 11.9 Å². The van der Waals surface area contributed by atoms with Crippen molar-refractivity contribution in [1.29, 1.82) is 0 Å². The van der Waals surface area contributed by atoms with Crippen LogP contribution in [-0.2, 0) is 16.6 Å². The molecule has 0 aliphatic rings. The molecule has 1 aromatic carbocycles. The van der Waals surface area contributed by atoms with E-state index in [1.165, 1.54) is 6.07 Å². The summed E-state index contributed by atoms with van der Waals surface area (Å²) >= 11 is 0. The number of nitrogens with two attached hydrogens (primary N) is 1. The molecule has 0 amide bonds. The van der Waals surface area contributed by atoms with Gasteiger partial charge in [0.15, 0.2) is 0 Å². The Kier molecular flexibility index (Phi) is 4.01. The molecule has 2 rings (SSSR count). The smallest absolute Gasteiger partial charge is 0.243 e. The highest BCUT2D eigenvalue weighted by Crippen LogP contribution is 2.17. The molecule has 106 valence electrons.